The van der Waals surface area contributed by atoms with Gasteiger partial charge in [-0.25, -0.2) is 0 Å². The number of nitrogens with two attached hydrogens (primary N) is 1. The van der Waals surface area contributed by atoms with Crippen LogP contribution in [0, 0.1) is 5.92 Å². The zero-order valence-electron chi connectivity index (χ0n) is 14.4. The summed E-state index contributed by atoms with van der Waals surface area (Å²) >= 11 is 0. The maximum Gasteiger partial charge on any atom is 0.255 e. The van der Waals surface area contributed by atoms with Gasteiger partial charge in [0.25, 0.3) is 5.91 Å². The molecule has 2 aromatic carbocycles. The topological polar surface area (TPSA) is 58.4 Å². The van der Waals surface area contributed by atoms with Gasteiger partial charge in [-0.15, -0.1) is 0 Å². The minimum Gasteiger partial charge on any atom is -0.399 e. The van der Waals surface area contributed by atoms with Crippen LogP contribution in [0.15, 0.2) is 42.5 Å². The molecular formula is C20H25N3O. The summed E-state index contributed by atoms with van der Waals surface area (Å²) in [5, 5.41) is 3.05. The maximum atomic E-state index is 12.5. The Morgan fingerprint density at radius 3 is 2.75 bits per heavy atom. The zero-order valence-corrected chi connectivity index (χ0v) is 14.4. The largest absolute Gasteiger partial charge is 0.399 e. The molecule has 0 bridgehead atoms. The summed E-state index contributed by atoms with van der Waals surface area (Å²) < 4.78 is 0. The third-order valence-electron chi connectivity index (χ3n) is 4.47. The zero-order chi connectivity index (χ0) is 17.1. The fraction of sp³-hybridized carbons (Fsp3) is 0.350. The van der Waals surface area contributed by atoms with E-state index in [1.165, 1.54) is 17.5 Å². The molecule has 4 heteroatoms. The highest BCUT2D eigenvalue weighted by molar-refractivity contribution is 6.05. The number of nitrogen functional groups attached to an aromatic ring is 1. The number of hydrogen-bond acceptors (Lipinski definition) is 3. The summed E-state index contributed by atoms with van der Waals surface area (Å²) in [7, 11) is 0. The molecule has 24 heavy (non-hydrogen) atoms. The van der Waals surface area contributed by atoms with Crippen molar-refractivity contribution in [3.63, 3.8) is 0 Å². The molecule has 1 aliphatic rings. The lowest BCUT2D eigenvalue weighted by Crippen LogP contribution is -2.19. The summed E-state index contributed by atoms with van der Waals surface area (Å²) in [4.78, 5) is 14.9. The Kier molecular flexibility index (Phi) is 4.86. The fourth-order valence-electron chi connectivity index (χ4n) is 3.08. The molecule has 0 aromatic heterocycles. The number of amides is 1. The molecule has 3 rings (SSSR count). The Morgan fingerprint density at radius 2 is 2.00 bits per heavy atom. The number of rotatable bonds is 5. The van der Waals surface area contributed by atoms with Crippen molar-refractivity contribution in [2.75, 3.05) is 17.6 Å². The smallest absolute Gasteiger partial charge is 0.255 e. The molecule has 0 spiro atoms. The molecule has 4 nitrogen and oxygen atoms in total. The first kappa shape index (κ1) is 16.5. The van der Waals surface area contributed by atoms with Gasteiger partial charge in [-0.1, -0.05) is 32.0 Å². The van der Waals surface area contributed by atoms with E-state index < -0.39 is 0 Å². The van der Waals surface area contributed by atoms with E-state index in [9.17, 15) is 4.79 Å². The third kappa shape index (κ3) is 3.77. The number of hydrogen-bond donors (Lipinski definition) is 2. The van der Waals surface area contributed by atoms with Crippen LogP contribution in [-0.2, 0) is 13.1 Å². The van der Waals surface area contributed by atoms with Gasteiger partial charge in [0.05, 0.1) is 0 Å². The van der Waals surface area contributed by atoms with Gasteiger partial charge in [-0.3, -0.25) is 9.69 Å². The Hall–Kier alpha value is -2.33. The van der Waals surface area contributed by atoms with Crippen molar-refractivity contribution < 1.29 is 4.79 Å². The van der Waals surface area contributed by atoms with Crippen LogP contribution in [0.25, 0.3) is 0 Å². The van der Waals surface area contributed by atoms with Crippen LogP contribution in [0.5, 0.6) is 0 Å². The van der Waals surface area contributed by atoms with Crippen LogP contribution in [-0.4, -0.2) is 17.4 Å². The number of nitrogens with one attached hydrogen (secondary N) is 1. The Labute approximate surface area is 143 Å². The lowest BCUT2D eigenvalue weighted by Gasteiger charge is -2.16. The normalized spacial score (nSPS) is 14.0. The molecule has 0 atom stereocenters. The molecule has 0 radical (unpaired) electrons. The minimum atomic E-state index is -0.115. The van der Waals surface area contributed by atoms with Crippen molar-refractivity contribution in [1.82, 2.24) is 4.90 Å². The number of benzene rings is 2. The molecule has 0 fully saturated rings. The van der Waals surface area contributed by atoms with Gasteiger partial charge in [0.1, 0.15) is 0 Å². The van der Waals surface area contributed by atoms with Crippen molar-refractivity contribution in [3.05, 3.63) is 59.2 Å². The predicted octanol–water partition coefficient (Wildman–Crippen LogP) is 3.88. The van der Waals surface area contributed by atoms with Gasteiger partial charge in [0.15, 0.2) is 0 Å². The number of carbonyl (C=O) groups excluding carboxylic acids is 1. The summed E-state index contributed by atoms with van der Waals surface area (Å²) in [5.74, 6) is 0.591. The summed E-state index contributed by atoms with van der Waals surface area (Å²) in [5.41, 5.74) is 10.4. The van der Waals surface area contributed by atoms with Crippen molar-refractivity contribution in [3.8, 4) is 0 Å². The first-order valence-corrected chi connectivity index (χ1v) is 8.53. The average Bonchev–Trinajstić information content (AvgIpc) is 2.97. The first-order chi connectivity index (χ1) is 11.5. The van der Waals surface area contributed by atoms with Crippen molar-refractivity contribution in [2.45, 2.75) is 33.4 Å². The highest BCUT2D eigenvalue weighted by Crippen LogP contribution is 2.30. The fourth-order valence-corrected chi connectivity index (χ4v) is 3.08. The second-order valence-electron chi connectivity index (χ2n) is 6.92. The first-order valence-electron chi connectivity index (χ1n) is 8.53. The standard InChI is InChI=1S/C20H25N3O/c1-14(2)9-10-23-12-16-6-4-8-19(18(16)13-23)22-20(24)15-5-3-7-17(21)11-15/h3-8,11,14H,9-10,12-13,21H2,1-2H3,(H,22,24). The molecule has 3 N–H and O–H groups in total. The van der Waals surface area contributed by atoms with E-state index in [4.69, 9.17) is 5.73 Å². The number of nitrogens with zero attached hydrogens (tertiary/aromatic N) is 1. The molecule has 1 amide bonds. The van der Waals surface area contributed by atoms with E-state index in [2.05, 4.69) is 30.1 Å². The summed E-state index contributed by atoms with van der Waals surface area (Å²) in [6.07, 6.45) is 1.19. The lowest BCUT2D eigenvalue weighted by atomic mass is 10.1. The van der Waals surface area contributed by atoms with E-state index in [1.807, 2.05) is 12.1 Å². The van der Waals surface area contributed by atoms with Crippen molar-refractivity contribution >= 4 is 17.3 Å². The van der Waals surface area contributed by atoms with Gasteiger partial charge in [-0.2, -0.15) is 0 Å². The van der Waals surface area contributed by atoms with E-state index in [-0.39, 0.29) is 5.91 Å². The summed E-state index contributed by atoms with van der Waals surface area (Å²) in [6, 6.07) is 13.2. The van der Waals surface area contributed by atoms with Crippen LogP contribution in [0.1, 0.15) is 41.8 Å². The highest BCUT2D eigenvalue weighted by Gasteiger charge is 2.22. The van der Waals surface area contributed by atoms with Crippen LogP contribution >= 0.6 is 0 Å². The third-order valence-corrected chi connectivity index (χ3v) is 4.47. The van der Waals surface area contributed by atoms with E-state index in [0.29, 0.717) is 17.2 Å². The highest BCUT2D eigenvalue weighted by atomic mass is 16.1. The van der Waals surface area contributed by atoms with Gasteiger partial charge < -0.3 is 11.1 Å². The molecule has 2 aromatic rings. The Bertz CT molecular complexity index is 739. The molecule has 126 valence electrons. The van der Waals surface area contributed by atoms with Crippen molar-refractivity contribution in [1.29, 1.82) is 0 Å². The SMILES string of the molecule is CC(C)CCN1Cc2cccc(NC(=O)c3cccc(N)c3)c2C1. The number of anilines is 2. The molecule has 0 aliphatic carbocycles. The predicted molar refractivity (Wildman–Crippen MR) is 98.8 cm³/mol. The van der Waals surface area contributed by atoms with Crippen LogP contribution in [0.3, 0.4) is 0 Å². The second-order valence-corrected chi connectivity index (χ2v) is 6.92. The van der Waals surface area contributed by atoms with Gasteiger partial charge in [0.2, 0.25) is 0 Å². The monoisotopic (exact) mass is 323 g/mol. The summed E-state index contributed by atoms with van der Waals surface area (Å²) in [6.45, 7) is 7.45. The Morgan fingerprint density at radius 1 is 1.21 bits per heavy atom. The van der Waals surface area contributed by atoms with E-state index >= 15 is 0 Å². The van der Waals surface area contributed by atoms with Crippen molar-refractivity contribution in [2.24, 2.45) is 5.92 Å². The van der Waals surface area contributed by atoms with E-state index in [0.717, 1.165) is 25.3 Å². The quantitative estimate of drug-likeness (QED) is 0.821. The van der Waals surface area contributed by atoms with Gasteiger partial charge in [-0.05, 0) is 54.3 Å². The molecule has 0 unspecified atom stereocenters. The van der Waals surface area contributed by atoms with Crippen LogP contribution < -0.4 is 11.1 Å². The minimum absolute atomic E-state index is 0.115. The lowest BCUT2D eigenvalue weighted by molar-refractivity contribution is 0.102. The van der Waals surface area contributed by atoms with Gasteiger partial charge >= 0.3 is 0 Å². The van der Waals surface area contributed by atoms with Gasteiger partial charge in [0, 0.05) is 30.0 Å². The molecule has 0 saturated heterocycles. The number of carbonyl (C=O) groups is 1. The molecular weight excluding hydrogens is 298 g/mol. The molecule has 1 heterocycles. The maximum absolute atomic E-state index is 12.5. The molecule has 0 saturated carbocycles. The average molecular weight is 323 g/mol. The number of fused-ring (bicyclic) bond motifs is 1. The molecule has 1 aliphatic heterocycles. The Balaban J connectivity index is 1.73. The van der Waals surface area contributed by atoms with Crippen LogP contribution in [0.2, 0.25) is 0 Å². The second kappa shape index (κ2) is 7.05. The van der Waals surface area contributed by atoms with Crippen LogP contribution in [0.4, 0.5) is 11.4 Å². The van der Waals surface area contributed by atoms with E-state index in [1.54, 1.807) is 24.3 Å².